The number of amides is 2. The van der Waals surface area contributed by atoms with Gasteiger partial charge in [0.25, 0.3) is 0 Å². The Balaban J connectivity index is 1.30. The minimum atomic E-state index is -1.15. The Kier molecular flexibility index (Phi) is 6.84. The summed E-state index contributed by atoms with van der Waals surface area (Å²) in [5.41, 5.74) is 4.86. The van der Waals surface area contributed by atoms with Crippen molar-refractivity contribution >= 4 is 35.3 Å². The number of carboxylic acid groups (broad SMARTS) is 1. The number of halogens is 1. The standard InChI is InChI=1S/C26H23ClN2O5/c1-15(12-24(30)29-16-10-11-21(25(31)32)23(27)13-16)28-26(33)34-14-22-19-8-4-2-6-17(19)18-7-3-5-9-20(18)22/h2-11,13,15,22H,12,14H2,1H3,(H,28,33)(H,29,30)(H,31,32)/t15-/m0/s1. The number of carbonyl (C=O) groups is 3. The molecule has 0 aromatic heterocycles. The lowest BCUT2D eigenvalue weighted by Gasteiger charge is -2.17. The molecular weight excluding hydrogens is 456 g/mol. The monoisotopic (exact) mass is 478 g/mol. The number of anilines is 1. The molecule has 3 aromatic carbocycles. The Morgan fingerprint density at radius 3 is 2.21 bits per heavy atom. The van der Waals surface area contributed by atoms with Gasteiger partial charge in [0.15, 0.2) is 0 Å². The van der Waals surface area contributed by atoms with Crippen molar-refractivity contribution in [2.45, 2.75) is 25.3 Å². The van der Waals surface area contributed by atoms with E-state index in [4.69, 9.17) is 21.4 Å². The number of carboxylic acids is 1. The van der Waals surface area contributed by atoms with Crippen molar-refractivity contribution in [3.8, 4) is 11.1 Å². The maximum Gasteiger partial charge on any atom is 0.407 e. The van der Waals surface area contributed by atoms with E-state index in [0.29, 0.717) is 5.69 Å². The molecule has 0 unspecified atom stereocenters. The zero-order valence-corrected chi connectivity index (χ0v) is 19.1. The first-order valence-electron chi connectivity index (χ1n) is 10.8. The van der Waals surface area contributed by atoms with Gasteiger partial charge in [0, 0.05) is 24.1 Å². The first kappa shape index (κ1) is 23.3. The number of alkyl carbamates (subject to hydrolysis) is 1. The highest BCUT2D eigenvalue weighted by atomic mass is 35.5. The van der Waals surface area contributed by atoms with Crippen molar-refractivity contribution in [2.24, 2.45) is 0 Å². The lowest BCUT2D eigenvalue weighted by Crippen LogP contribution is -2.36. The third-order valence-electron chi connectivity index (χ3n) is 5.68. The Morgan fingerprint density at radius 2 is 1.62 bits per heavy atom. The molecule has 0 heterocycles. The van der Waals surface area contributed by atoms with Gasteiger partial charge < -0.3 is 20.5 Å². The highest BCUT2D eigenvalue weighted by molar-refractivity contribution is 6.33. The van der Waals surface area contributed by atoms with Crippen LogP contribution in [0.2, 0.25) is 5.02 Å². The molecule has 0 radical (unpaired) electrons. The van der Waals surface area contributed by atoms with Gasteiger partial charge in [-0.1, -0.05) is 60.1 Å². The molecule has 0 saturated heterocycles. The van der Waals surface area contributed by atoms with Crippen molar-refractivity contribution in [1.29, 1.82) is 0 Å². The first-order chi connectivity index (χ1) is 16.3. The quantitative estimate of drug-likeness (QED) is 0.427. The SMILES string of the molecule is C[C@@H](CC(=O)Nc1ccc(C(=O)O)c(Cl)c1)NC(=O)OCC1c2ccccc2-c2ccccc21. The summed E-state index contributed by atoms with van der Waals surface area (Å²) in [4.78, 5) is 35.7. The molecule has 174 valence electrons. The number of nitrogens with one attached hydrogen (secondary N) is 2. The maximum absolute atomic E-state index is 12.4. The Hall–Kier alpha value is -3.84. The van der Waals surface area contributed by atoms with Gasteiger partial charge in [0.1, 0.15) is 6.61 Å². The molecule has 4 rings (SSSR count). The molecule has 3 N–H and O–H groups in total. The lowest BCUT2D eigenvalue weighted by molar-refractivity contribution is -0.116. The second-order valence-corrected chi connectivity index (χ2v) is 8.53. The zero-order valence-electron chi connectivity index (χ0n) is 18.4. The van der Waals surface area contributed by atoms with Gasteiger partial charge in [-0.05, 0) is 47.4 Å². The number of carbonyl (C=O) groups excluding carboxylic acids is 2. The second kappa shape index (κ2) is 9.97. The van der Waals surface area contributed by atoms with Gasteiger partial charge in [-0.15, -0.1) is 0 Å². The van der Waals surface area contributed by atoms with Crippen LogP contribution in [0.1, 0.15) is 40.7 Å². The fraction of sp³-hybridized carbons (Fsp3) is 0.192. The molecular formula is C26H23ClN2O5. The molecule has 2 amide bonds. The molecule has 8 heteroatoms. The van der Waals surface area contributed by atoms with Crippen LogP contribution in [-0.4, -0.2) is 35.7 Å². The average Bonchev–Trinajstić information content (AvgIpc) is 3.11. The van der Waals surface area contributed by atoms with Crippen LogP contribution >= 0.6 is 11.6 Å². The lowest BCUT2D eigenvalue weighted by atomic mass is 9.98. The second-order valence-electron chi connectivity index (χ2n) is 8.12. The maximum atomic E-state index is 12.4. The summed E-state index contributed by atoms with van der Waals surface area (Å²) in [6, 6.07) is 19.8. The molecule has 3 aromatic rings. The molecule has 0 saturated carbocycles. The normalized spacial score (nSPS) is 12.9. The van der Waals surface area contributed by atoms with Crippen LogP contribution in [-0.2, 0) is 9.53 Å². The van der Waals surface area contributed by atoms with Crippen LogP contribution < -0.4 is 10.6 Å². The highest BCUT2D eigenvalue weighted by Crippen LogP contribution is 2.44. The van der Waals surface area contributed by atoms with Gasteiger partial charge in [-0.3, -0.25) is 4.79 Å². The number of hydrogen-bond donors (Lipinski definition) is 3. The molecule has 34 heavy (non-hydrogen) atoms. The molecule has 7 nitrogen and oxygen atoms in total. The number of rotatable bonds is 7. The number of ether oxygens (including phenoxy) is 1. The number of hydrogen-bond acceptors (Lipinski definition) is 4. The Bertz CT molecular complexity index is 1210. The Labute approximate surface area is 201 Å². The molecule has 1 atom stereocenters. The van der Waals surface area contributed by atoms with E-state index in [1.165, 1.54) is 18.2 Å². The third-order valence-corrected chi connectivity index (χ3v) is 6.00. The van der Waals surface area contributed by atoms with Crippen molar-refractivity contribution in [3.05, 3.63) is 88.4 Å². The van der Waals surface area contributed by atoms with E-state index < -0.39 is 18.1 Å². The fourth-order valence-corrected chi connectivity index (χ4v) is 4.41. The minimum Gasteiger partial charge on any atom is -0.478 e. The summed E-state index contributed by atoms with van der Waals surface area (Å²) in [5.74, 6) is -1.55. The summed E-state index contributed by atoms with van der Waals surface area (Å²) in [5, 5.41) is 14.4. The molecule has 1 aliphatic carbocycles. The van der Waals surface area contributed by atoms with Crippen LogP contribution in [0, 0.1) is 0 Å². The van der Waals surface area contributed by atoms with Crippen molar-refractivity contribution in [3.63, 3.8) is 0 Å². The van der Waals surface area contributed by atoms with E-state index in [0.717, 1.165) is 22.3 Å². The molecule has 0 fully saturated rings. The van der Waals surface area contributed by atoms with Gasteiger partial charge in [0.2, 0.25) is 5.91 Å². The van der Waals surface area contributed by atoms with Crippen LogP contribution in [0.25, 0.3) is 11.1 Å². The van der Waals surface area contributed by atoms with Gasteiger partial charge in [-0.2, -0.15) is 0 Å². The molecule has 0 bridgehead atoms. The zero-order chi connectivity index (χ0) is 24.2. The predicted octanol–water partition coefficient (Wildman–Crippen LogP) is 5.29. The summed E-state index contributed by atoms with van der Waals surface area (Å²) in [6.45, 7) is 1.88. The van der Waals surface area contributed by atoms with Crippen LogP contribution in [0.5, 0.6) is 0 Å². The van der Waals surface area contributed by atoms with Crippen molar-refractivity contribution in [1.82, 2.24) is 5.32 Å². The van der Waals surface area contributed by atoms with Crippen molar-refractivity contribution in [2.75, 3.05) is 11.9 Å². The average molecular weight is 479 g/mol. The molecule has 1 aliphatic rings. The predicted molar refractivity (Wildman–Crippen MR) is 129 cm³/mol. The van der Waals surface area contributed by atoms with E-state index in [1.54, 1.807) is 6.92 Å². The van der Waals surface area contributed by atoms with E-state index in [9.17, 15) is 14.4 Å². The third kappa shape index (κ3) is 5.05. The van der Waals surface area contributed by atoms with Gasteiger partial charge in [0.05, 0.1) is 10.6 Å². The summed E-state index contributed by atoms with van der Waals surface area (Å²) >= 11 is 5.93. The van der Waals surface area contributed by atoms with Gasteiger partial charge >= 0.3 is 12.1 Å². The van der Waals surface area contributed by atoms with Crippen LogP contribution in [0.4, 0.5) is 10.5 Å². The first-order valence-corrected chi connectivity index (χ1v) is 11.2. The summed E-state index contributed by atoms with van der Waals surface area (Å²) in [6.07, 6.45) is -0.598. The largest absolute Gasteiger partial charge is 0.478 e. The van der Waals surface area contributed by atoms with E-state index >= 15 is 0 Å². The van der Waals surface area contributed by atoms with Crippen molar-refractivity contribution < 1.29 is 24.2 Å². The topological polar surface area (TPSA) is 105 Å². The smallest absolute Gasteiger partial charge is 0.407 e. The summed E-state index contributed by atoms with van der Waals surface area (Å²) in [7, 11) is 0. The van der Waals surface area contributed by atoms with Crippen LogP contribution in [0.15, 0.2) is 66.7 Å². The number of benzene rings is 3. The molecule has 0 aliphatic heterocycles. The van der Waals surface area contributed by atoms with Gasteiger partial charge in [-0.25, -0.2) is 9.59 Å². The number of fused-ring (bicyclic) bond motifs is 3. The molecule has 0 spiro atoms. The Morgan fingerprint density at radius 1 is 1.00 bits per heavy atom. The highest BCUT2D eigenvalue weighted by Gasteiger charge is 2.29. The minimum absolute atomic E-state index is 0.00248. The van der Waals surface area contributed by atoms with E-state index in [2.05, 4.69) is 22.8 Å². The van der Waals surface area contributed by atoms with E-state index in [-0.39, 0.29) is 35.4 Å². The summed E-state index contributed by atoms with van der Waals surface area (Å²) < 4.78 is 5.51. The van der Waals surface area contributed by atoms with Crippen LogP contribution in [0.3, 0.4) is 0 Å². The fourth-order valence-electron chi connectivity index (χ4n) is 4.15. The number of aromatic carboxylic acids is 1. The van der Waals surface area contributed by atoms with E-state index in [1.807, 2.05) is 36.4 Å².